The Morgan fingerprint density at radius 2 is 2.03 bits per heavy atom. The fourth-order valence-electron chi connectivity index (χ4n) is 2.95. The van der Waals surface area contributed by atoms with Gasteiger partial charge in [-0.25, -0.2) is 28.1 Å². The third kappa shape index (κ3) is 5.12. The molecular formula is C19H21F2N5O6S. The van der Waals surface area contributed by atoms with Crippen LogP contribution in [-0.4, -0.2) is 56.5 Å². The summed E-state index contributed by atoms with van der Waals surface area (Å²) in [4.78, 5) is 30.2. The van der Waals surface area contributed by atoms with Crippen molar-refractivity contribution in [3.63, 3.8) is 0 Å². The van der Waals surface area contributed by atoms with Crippen LogP contribution < -0.4 is 18.9 Å². The van der Waals surface area contributed by atoms with Gasteiger partial charge in [0.1, 0.15) is 5.75 Å². The fraction of sp³-hybridized carbons (Fsp3) is 0.316. The van der Waals surface area contributed by atoms with Gasteiger partial charge in [-0.1, -0.05) is 0 Å². The van der Waals surface area contributed by atoms with Crippen LogP contribution in [0.4, 0.5) is 24.2 Å². The highest BCUT2D eigenvalue weighted by molar-refractivity contribution is 7.90. The van der Waals surface area contributed by atoms with Gasteiger partial charge in [0.25, 0.3) is 10.2 Å². The van der Waals surface area contributed by atoms with Gasteiger partial charge in [0.05, 0.1) is 12.6 Å². The van der Waals surface area contributed by atoms with Gasteiger partial charge in [0.2, 0.25) is 0 Å². The van der Waals surface area contributed by atoms with Gasteiger partial charge in [-0.3, -0.25) is 9.62 Å². The van der Waals surface area contributed by atoms with Crippen molar-refractivity contribution in [3.05, 3.63) is 47.2 Å². The predicted molar refractivity (Wildman–Crippen MR) is 112 cm³/mol. The Bertz CT molecular complexity index is 1210. The molecule has 33 heavy (non-hydrogen) atoms. The van der Waals surface area contributed by atoms with Gasteiger partial charge in [0.15, 0.2) is 23.2 Å². The van der Waals surface area contributed by atoms with E-state index < -0.39 is 51.6 Å². The number of fused-ring (bicyclic) bond motifs is 1. The molecule has 1 atom stereocenters. The van der Waals surface area contributed by atoms with E-state index in [2.05, 4.69) is 4.98 Å². The molecule has 11 nitrogen and oxygen atoms in total. The van der Waals surface area contributed by atoms with Crippen LogP contribution in [-0.2, 0) is 16.8 Å². The number of carbonyl (C=O) groups is 2. The average Bonchev–Trinajstić information content (AvgIpc) is 2.74. The standard InChI is InChI=1S/C19H21F2N5O6S/c1-10-12-7-13(20)15(32-18(27)25(3)4)8-14(12)31-19(28)26(10)9-11-5-6-23-17(16(11)21)24-33(29,30)22-2/h5-8,10,22H,9H2,1-4H3,(H,23,24)/t10-/m0/s1. The van der Waals surface area contributed by atoms with Gasteiger partial charge in [0, 0.05) is 44.5 Å². The first kappa shape index (κ1) is 24.1. The maximum absolute atomic E-state index is 14.8. The Labute approximate surface area is 188 Å². The largest absolute Gasteiger partial charge is 0.416 e. The molecule has 0 aliphatic carbocycles. The van der Waals surface area contributed by atoms with Gasteiger partial charge < -0.3 is 14.4 Å². The van der Waals surface area contributed by atoms with Crippen molar-refractivity contribution in [1.82, 2.24) is 19.5 Å². The number of ether oxygens (including phenoxy) is 2. The van der Waals surface area contributed by atoms with Crippen LogP contribution >= 0.6 is 0 Å². The summed E-state index contributed by atoms with van der Waals surface area (Å²) in [6.45, 7) is 1.26. The lowest BCUT2D eigenvalue weighted by Crippen LogP contribution is -2.39. The lowest BCUT2D eigenvalue weighted by molar-refractivity contribution is 0.116. The first-order valence-electron chi connectivity index (χ1n) is 9.49. The zero-order valence-electron chi connectivity index (χ0n) is 18.0. The SMILES string of the molecule is CNS(=O)(=O)Nc1nccc(CN2C(=O)Oc3cc(OC(=O)N(C)C)c(F)cc3[C@@H]2C)c1F. The summed E-state index contributed by atoms with van der Waals surface area (Å²) < 4.78 is 66.8. The number of carbonyl (C=O) groups excluding carboxylic acids is 2. The number of rotatable bonds is 6. The number of hydrogen-bond acceptors (Lipinski definition) is 7. The number of halogens is 2. The fourth-order valence-corrected chi connectivity index (χ4v) is 3.45. The van der Waals surface area contributed by atoms with Crippen LogP contribution in [0, 0.1) is 11.6 Å². The normalized spacial score (nSPS) is 15.5. The van der Waals surface area contributed by atoms with Crippen LogP contribution in [0.1, 0.15) is 24.1 Å². The van der Waals surface area contributed by atoms with Crippen LogP contribution in [0.3, 0.4) is 0 Å². The van der Waals surface area contributed by atoms with E-state index in [0.29, 0.717) is 0 Å². The lowest BCUT2D eigenvalue weighted by Gasteiger charge is -2.34. The molecule has 2 N–H and O–H groups in total. The number of benzene rings is 1. The van der Waals surface area contributed by atoms with E-state index in [0.717, 1.165) is 29.0 Å². The van der Waals surface area contributed by atoms with Crippen LogP contribution in [0.25, 0.3) is 0 Å². The van der Waals surface area contributed by atoms with Crippen molar-refractivity contribution in [2.24, 2.45) is 0 Å². The molecule has 14 heteroatoms. The smallest absolute Gasteiger partial charge is 0.410 e. The maximum Gasteiger partial charge on any atom is 0.416 e. The summed E-state index contributed by atoms with van der Waals surface area (Å²) in [5.41, 5.74) is 0.213. The highest BCUT2D eigenvalue weighted by Gasteiger charge is 2.34. The monoisotopic (exact) mass is 485 g/mol. The third-order valence-corrected chi connectivity index (χ3v) is 5.79. The number of aromatic nitrogens is 1. The highest BCUT2D eigenvalue weighted by Crippen LogP contribution is 2.39. The minimum Gasteiger partial charge on any atom is -0.410 e. The minimum atomic E-state index is -4.02. The van der Waals surface area contributed by atoms with E-state index >= 15 is 0 Å². The Morgan fingerprint density at radius 1 is 1.33 bits per heavy atom. The van der Waals surface area contributed by atoms with Crippen LogP contribution in [0.5, 0.6) is 11.5 Å². The molecule has 178 valence electrons. The predicted octanol–water partition coefficient (Wildman–Crippen LogP) is 2.37. The van der Waals surface area contributed by atoms with Gasteiger partial charge in [-0.05, 0) is 19.1 Å². The van der Waals surface area contributed by atoms with E-state index in [9.17, 15) is 26.8 Å². The Morgan fingerprint density at radius 3 is 2.67 bits per heavy atom. The molecule has 0 unspecified atom stereocenters. The molecule has 0 radical (unpaired) electrons. The Kier molecular flexibility index (Phi) is 6.69. The number of amides is 2. The molecule has 1 aromatic carbocycles. The third-order valence-electron chi connectivity index (χ3n) is 4.79. The van der Waals surface area contributed by atoms with Crippen molar-refractivity contribution in [3.8, 4) is 11.5 Å². The van der Waals surface area contributed by atoms with Crippen molar-refractivity contribution in [2.75, 3.05) is 25.9 Å². The van der Waals surface area contributed by atoms with Crippen LogP contribution in [0.15, 0.2) is 24.4 Å². The molecule has 1 aromatic heterocycles. The summed E-state index contributed by atoms with van der Waals surface area (Å²) in [6.07, 6.45) is -0.506. The van der Waals surface area contributed by atoms with Gasteiger partial charge >= 0.3 is 12.2 Å². The lowest BCUT2D eigenvalue weighted by atomic mass is 10.0. The minimum absolute atomic E-state index is 0.00984. The average molecular weight is 485 g/mol. The van der Waals surface area contributed by atoms with E-state index in [1.807, 2.05) is 9.44 Å². The number of hydrogen-bond donors (Lipinski definition) is 2. The number of nitrogens with zero attached hydrogens (tertiary/aromatic N) is 3. The molecule has 0 saturated carbocycles. The molecular weight excluding hydrogens is 464 g/mol. The Hall–Kier alpha value is -3.52. The van der Waals surface area contributed by atoms with E-state index in [4.69, 9.17) is 9.47 Å². The second-order valence-corrected chi connectivity index (χ2v) is 8.82. The molecule has 1 aliphatic rings. The zero-order valence-corrected chi connectivity index (χ0v) is 18.9. The van der Waals surface area contributed by atoms with E-state index in [1.54, 1.807) is 6.92 Å². The second kappa shape index (κ2) is 9.15. The number of nitrogens with one attached hydrogen (secondary N) is 2. The van der Waals surface area contributed by atoms with Gasteiger partial charge in [-0.2, -0.15) is 8.42 Å². The zero-order chi connectivity index (χ0) is 24.5. The molecule has 0 spiro atoms. The van der Waals surface area contributed by atoms with Gasteiger partial charge in [-0.15, -0.1) is 0 Å². The second-order valence-electron chi connectivity index (χ2n) is 7.20. The molecule has 1 aliphatic heterocycles. The summed E-state index contributed by atoms with van der Waals surface area (Å²) >= 11 is 0. The number of anilines is 1. The maximum atomic E-state index is 14.8. The number of pyridine rings is 1. The molecule has 2 amide bonds. The van der Waals surface area contributed by atoms with Crippen molar-refractivity contribution in [2.45, 2.75) is 19.5 Å². The van der Waals surface area contributed by atoms with Crippen molar-refractivity contribution in [1.29, 1.82) is 0 Å². The molecule has 2 aromatic rings. The highest BCUT2D eigenvalue weighted by atomic mass is 32.2. The summed E-state index contributed by atoms with van der Waals surface area (Å²) in [5.74, 6) is -2.82. The van der Waals surface area contributed by atoms with Crippen LogP contribution in [0.2, 0.25) is 0 Å². The molecule has 0 bridgehead atoms. The topological polar surface area (TPSA) is 130 Å². The molecule has 0 fully saturated rings. The quantitative estimate of drug-likeness (QED) is 0.642. The Balaban J connectivity index is 1.88. The van der Waals surface area contributed by atoms with E-state index in [1.165, 1.54) is 26.4 Å². The summed E-state index contributed by atoms with van der Waals surface area (Å²) in [7, 11) is -0.0347. The molecule has 3 rings (SSSR count). The van der Waals surface area contributed by atoms with E-state index in [-0.39, 0.29) is 23.4 Å². The first-order valence-corrected chi connectivity index (χ1v) is 11.0. The summed E-state index contributed by atoms with van der Waals surface area (Å²) in [6, 6.07) is 2.67. The van der Waals surface area contributed by atoms with Crippen molar-refractivity contribution >= 4 is 28.2 Å². The first-order chi connectivity index (χ1) is 15.4. The summed E-state index contributed by atoms with van der Waals surface area (Å²) in [5, 5.41) is 0. The molecule has 0 saturated heterocycles. The molecule has 2 heterocycles. The van der Waals surface area contributed by atoms with Crippen molar-refractivity contribution < 1.29 is 36.3 Å².